The number of benzene rings is 1. The van der Waals surface area contributed by atoms with E-state index in [1.165, 1.54) is 0 Å². The van der Waals surface area contributed by atoms with E-state index in [4.69, 9.17) is 4.74 Å². The second kappa shape index (κ2) is 9.79. The van der Waals surface area contributed by atoms with E-state index in [0.29, 0.717) is 26.2 Å². The third kappa shape index (κ3) is 6.01. The van der Waals surface area contributed by atoms with E-state index in [-0.39, 0.29) is 35.4 Å². The highest BCUT2D eigenvalue weighted by atomic mass is 16.5. The molecule has 0 radical (unpaired) electrons. The lowest BCUT2D eigenvalue weighted by molar-refractivity contribution is -0.140. The number of nitrogens with zero attached hydrogens (tertiary/aromatic N) is 2. The van der Waals surface area contributed by atoms with Crippen molar-refractivity contribution in [2.75, 3.05) is 26.7 Å². The summed E-state index contributed by atoms with van der Waals surface area (Å²) in [6, 6.07) is 7.59. The van der Waals surface area contributed by atoms with Gasteiger partial charge in [-0.15, -0.1) is 0 Å². The van der Waals surface area contributed by atoms with Gasteiger partial charge in [-0.05, 0) is 53.5 Å². The molecule has 2 amide bonds. The Morgan fingerprint density at radius 3 is 2.50 bits per heavy atom. The van der Waals surface area contributed by atoms with Crippen LogP contribution >= 0.6 is 0 Å². The summed E-state index contributed by atoms with van der Waals surface area (Å²) in [4.78, 5) is 30.1. The summed E-state index contributed by atoms with van der Waals surface area (Å²) in [6.07, 6.45) is 1.96. The van der Waals surface area contributed by atoms with Crippen LogP contribution in [0.3, 0.4) is 0 Å². The van der Waals surface area contributed by atoms with E-state index in [0.717, 1.165) is 24.2 Å². The van der Waals surface area contributed by atoms with E-state index in [1.54, 1.807) is 0 Å². The first-order valence-electron chi connectivity index (χ1n) is 11.8. The number of hydrogen-bond donors (Lipinski definition) is 2. The Hall–Kier alpha value is -2.12. The first kappa shape index (κ1) is 24.5. The molecule has 2 saturated heterocycles. The lowest BCUT2D eigenvalue weighted by Crippen LogP contribution is -2.63. The Bertz CT molecular complexity index is 807. The lowest BCUT2D eigenvalue weighted by atomic mass is 9.79. The van der Waals surface area contributed by atoms with E-state index in [9.17, 15) is 9.59 Å². The van der Waals surface area contributed by atoms with Gasteiger partial charge in [0.15, 0.2) is 0 Å². The molecular formula is C25H40N4O3. The molecule has 7 nitrogen and oxygen atoms in total. The molecule has 0 aromatic heterocycles. The van der Waals surface area contributed by atoms with Crippen molar-refractivity contribution in [2.45, 2.75) is 83.6 Å². The fourth-order valence-electron chi connectivity index (χ4n) is 5.38. The van der Waals surface area contributed by atoms with Crippen LogP contribution in [0.15, 0.2) is 24.3 Å². The molecule has 2 N–H and O–H groups in total. The Morgan fingerprint density at radius 1 is 1.19 bits per heavy atom. The van der Waals surface area contributed by atoms with Crippen LogP contribution in [0.25, 0.3) is 0 Å². The largest absolute Gasteiger partial charge is 0.494 e. The Kier molecular flexibility index (Phi) is 7.50. The summed E-state index contributed by atoms with van der Waals surface area (Å²) in [5, 5.41) is 6.62. The maximum absolute atomic E-state index is 13.3. The van der Waals surface area contributed by atoms with E-state index in [1.807, 2.05) is 43.1 Å². The molecule has 0 aliphatic carbocycles. The Labute approximate surface area is 192 Å². The van der Waals surface area contributed by atoms with Crippen LogP contribution in [0.5, 0.6) is 5.75 Å². The average molecular weight is 445 g/mol. The summed E-state index contributed by atoms with van der Waals surface area (Å²) < 4.78 is 5.77. The van der Waals surface area contributed by atoms with Gasteiger partial charge in [0.05, 0.1) is 19.1 Å². The van der Waals surface area contributed by atoms with Crippen molar-refractivity contribution >= 4 is 11.8 Å². The van der Waals surface area contributed by atoms with Crippen LogP contribution in [0.1, 0.15) is 59.4 Å². The number of hydrogen-bond acceptors (Lipinski definition) is 5. The molecule has 3 rings (SSSR count). The second-order valence-corrected chi connectivity index (χ2v) is 10.5. The van der Waals surface area contributed by atoms with Crippen molar-refractivity contribution in [2.24, 2.45) is 0 Å². The van der Waals surface area contributed by atoms with Gasteiger partial charge in [0.2, 0.25) is 11.8 Å². The van der Waals surface area contributed by atoms with Gasteiger partial charge >= 0.3 is 0 Å². The quantitative estimate of drug-likeness (QED) is 0.676. The molecule has 2 aliphatic heterocycles. The zero-order valence-corrected chi connectivity index (χ0v) is 20.5. The highest BCUT2D eigenvalue weighted by Gasteiger charge is 2.41. The molecule has 1 aromatic carbocycles. The minimum absolute atomic E-state index is 0.0219. The first-order chi connectivity index (χ1) is 15.0. The standard InChI is InChI=1S/C25H40N4O3/c1-7-32-21-11-9-8-10-18(21)17-29-13-12-26-23(31)20(29)14-22(30)28(6)19-15-24(2,3)27-25(4,5)16-19/h8-11,19-20,27H,7,12-17H2,1-6H3,(H,26,31). The van der Waals surface area contributed by atoms with Crippen LogP contribution in [0.2, 0.25) is 0 Å². The van der Waals surface area contributed by atoms with E-state index < -0.39 is 6.04 Å². The normalized spacial score (nSPS) is 23.4. The van der Waals surface area contributed by atoms with Gasteiger partial charge < -0.3 is 20.3 Å². The van der Waals surface area contributed by atoms with Gasteiger partial charge in [-0.3, -0.25) is 14.5 Å². The molecule has 0 bridgehead atoms. The van der Waals surface area contributed by atoms with Crippen molar-refractivity contribution < 1.29 is 14.3 Å². The molecule has 1 aromatic rings. The topological polar surface area (TPSA) is 73.9 Å². The number of amides is 2. The summed E-state index contributed by atoms with van der Waals surface area (Å²) >= 11 is 0. The fraction of sp³-hybridized carbons (Fsp3) is 0.680. The van der Waals surface area contributed by atoms with Crippen molar-refractivity contribution in [3.05, 3.63) is 29.8 Å². The molecule has 1 unspecified atom stereocenters. The third-order valence-electron chi connectivity index (χ3n) is 6.57. The van der Waals surface area contributed by atoms with Gasteiger partial charge in [0.25, 0.3) is 0 Å². The number of ether oxygens (including phenoxy) is 1. The number of carbonyl (C=O) groups is 2. The minimum atomic E-state index is -0.476. The van der Waals surface area contributed by atoms with Crippen LogP contribution in [0.4, 0.5) is 0 Å². The number of rotatable bonds is 7. The Morgan fingerprint density at radius 2 is 1.84 bits per heavy atom. The van der Waals surface area contributed by atoms with Gasteiger partial charge in [0, 0.05) is 49.4 Å². The molecule has 0 spiro atoms. The Balaban J connectivity index is 1.72. The number of nitrogens with one attached hydrogen (secondary N) is 2. The maximum Gasteiger partial charge on any atom is 0.237 e. The van der Waals surface area contributed by atoms with Gasteiger partial charge in [-0.1, -0.05) is 18.2 Å². The first-order valence-corrected chi connectivity index (χ1v) is 11.8. The predicted molar refractivity (Wildman–Crippen MR) is 127 cm³/mol. The molecule has 0 saturated carbocycles. The number of carbonyl (C=O) groups excluding carboxylic acids is 2. The monoisotopic (exact) mass is 444 g/mol. The molecule has 2 fully saturated rings. The molecular weight excluding hydrogens is 404 g/mol. The summed E-state index contributed by atoms with van der Waals surface area (Å²) in [5.41, 5.74) is 0.952. The van der Waals surface area contributed by atoms with Crippen LogP contribution < -0.4 is 15.4 Å². The zero-order chi connectivity index (χ0) is 23.5. The van der Waals surface area contributed by atoms with Crippen molar-refractivity contribution in [1.82, 2.24) is 20.4 Å². The zero-order valence-electron chi connectivity index (χ0n) is 20.5. The molecule has 1 atom stereocenters. The van der Waals surface area contributed by atoms with Crippen molar-refractivity contribution in [3.8, 4) is 5.75 Å². The number of piperidine rings is 1. The van der Waals surface area contributed by atoms with E-state index >= 15 is 0 Å². The number of para-hydroxylation sites is 1. The smallest absolute Gasteiger partial charge is 0.237 e. The molecule has 2 heterocycles. The van der Waals surface area contributed by atoms with Crippen LogP contribution in [0, 0.1) is 0 Å². The third-order valence-corrected chi connectivity index (χ3v) is 6.57. The highest BCUT2D eigenvalue weighted by Crippen LogP contribution is 2.31. The maximum atomic E-state index is 13.3. The summed E-state index contributed by atoms with van der Waals surface area (Å²) in [6.45, 7) is 13.2. The summed E-state index contributed by atoms with van der Waals surface area (Å²) in [5.74, 6) is 0.786. The molecule has 178 valence electrons. The minimum Gasteiger partial charge on any atom is -0.494 e. The van der Waals surface area contributed by atoms with Crippen LogP contribution in [-0.4, -0.2) is 71.5 Å². The fourth-order valence-corrected chi connectivity index (χ4v) is 5.38. The molecule has 32 heavy (non-hydrogen) atoms. The van der Waals surface area contributed by atoms with Gasteiger partial charge in [-0.25, -0.2) is 0 Å². The molecule has 7 heteroatoms. The van der Waals surface area contributed by atoms with Gasteiger partial charge in [-0.2, -0.15) is 0 Å². The molecule has 2 aliphatic rings. The van der Waals surface area contributed by atoms with Crippen molar-refractivity contribution in [3.63, 3.8) is 0 Å². The van der Waals surface area contributed by atoms with Gasteiger partial charge in [0.1, 0.15) is 5.75 Å². The second-order valence-electron chi connectivity index (χ2n) is 10.5. The summed E-state index contributed by atoms with van der Waals surface area (Å²) in [7, 11) is 1.89. The van der Waals surface area contributed by atoms with Crippen molar-refractivity contribution in [1.29, 1.82) is 0 Å². The van der Waals surface area contributed by atoms with E-state index in [2.05, 4.69) is 43.2 Å². The lowest BCUT2D eigenvalue weighted by Gasteiger charge is -2.49. The SMILES string of the molecule is CCOc1ccccc1CN1CCNC(=O)C1CC(=O)N(C)C1CC(C)(C)NC(C)(C)C1. The number of piperazine rings is 1. The van der Waals surface area contributed by atoms with Crippen LogP contribution in [-0.2, 0) is 16.1 Å². The highest BCUT2D eigenvalue weighted by molar-refractivity contribution is 5.89. The average Bonchev–Trinajstić information content (AvgIpc) is 2.69. The predicted octanol–water partition coefficient (Wildman–Crippen LogP) is 2.54.